The number of carbonyl (C=O) groups is 1. The SMILES string of the molecule is COC(=O)C(C)(C)Sc1cc(Cl)ccc1OC. The van der Waals surface area contributed by atoms with E-state index in [0.717, 1.165) is 4.90 Å². The summed E-state index contributed by atoms with van der Waals surface area (Å²) in [4.78, 5) is 12.4. The molecular weight excluding hydrogens is 260 g/mol. The maximum absolute atomic E-state index is 11.6. The Morgan fingerprint density at radius 2 is 2.00 bits per heavy atom. The fourth-order valence-electron chi connectivity index (χ4n) is 1.29. The lowest BCUT2D eigenvalue weighted by Crippen LogP contribution is -2.28. The lowest BCUT2D eigenvalue weighted by Gasteiger charge is -2.21. The van der Waals surface area contributed by atoms with Crippen molar-refractivity contribution in [3.05, 3.63) is 23.2 Å². The molecule has 3 nitrogen and oxygen atoms in total. The molecule has 17 heavy (non-hydrogen) atoms. The van der Waals surface area contributed by atoms with Crippen LogP contribution >= 0.6 is 23.4 Å². The second kappa shape index (κ2) is 5.65. The quantitative estimate of drug-likeness (QED) is 0.623. The molecule has 0 aliphatic carbocycles. The monoisotopic (exact) mass is 274 g/mol. The third-order valence-electron chi connectivity index (χ3n) is 2.17. The van der Waals surface area contributed by atoms with Gasteiger partial charge in [-0.2, -0.15) is 0 Å². The van der Waals surface area contributed by atoms with E-state index in [9.17, 15) is 4.79 Å². The lowest BCUT2D eigenvalue weighted by molar-refractivity contribution is -0.142. The minimum atomic E-state index is -0.688. The van der Waals surface area contributed by atoms with Gasteiger partial charge in [-0.25, -0.2) is 0 Å². The molecule has 0 aliphatic rings. The molecule has 0 radical (unpaired) electrons. The topological polar surface area (TPSA) is 35.5 Å². The molecule has 0 saturated heterocycles. The van der Waals surface area contributed by atoms with Gasteiger partial charge in [0.15, 0.2) is 0 Å². The number of hydrogen-bond donors (Lipinski definition) is 0. The molecule has 5 heteroatoms. The number of esters is 1. The zero-order valence-corrected chi connectivity index (χ0v) is 11.8. The fourth-order valence-corrected chi connectivity index (χ4v) is 2.68. The molecule has 0 heterocycles. The van der Waals surface area contributed by atoms with Crippen molar-refractivity contribution < 1.29 is 14.3 Å². The molecular formula is C12H15ClO3S. The van der Waals surface area contributed by atoms with E-state index < -0.39 is 4.75 Å². The van der Waals surface area contributed by atoms with Crippen molar-refractivity contribution in [1.82, 2.24) is 0 Å². The molecule has 1 rings (SSSR count). The van der Waals surface area contributed by atoms with Crippen molar-refractivity contribution in [2.24, 2.45) is 0 Å². The molecule has 0 fully saturated rings. The van der Waals surface area contributed by atoms with Crippen LogP contribution in [0.3, 0.4) is 0 Å². The molecule has 1 aromatic rings. The van der Waals surface area contributed by atoms with Gasteiger partial charge in [-0.3, -0.25) is 4.79 Å². The van der Waals surface area contributed by atoms with Crippen LogP contribution in [0.25, 0.3) is 0 Å². The Balaban J connectivity index is 3.01. The molecule has 0 saturated carbocycles. The predicted octanol–water partition coefficient (Wildman–Crippen LogP) is 3.39. The summed E-state index contributed by atoms with van der Waals surface area (Å²) in [5, 5.41) is 0.606. The number of benzene rings is 1. The van der Waals surface area contributed by atoms with E-state index in [1.165, 1.54) is 18.9 Å². The van der Waals surface area contributed by atoms with Crippen molar-refractivity contribution in [2.45, 2.75) is 23.5 Å². The molecule has 0 amide bonds. The van der Waals surface area contributed by atoms with Crippen LogP contribution in [0.4, 0.5) is 0 Å². The molecule has 0 N–H and O–H groups in total. The van der Waals surface area contributed by atoms with Gasteiger partial charge in [-0.05, 0) is 32.0 Å². The Bertz CT molecular complexity index is 418. The predicted molar refractivity (Wildman–Crippen MR) is 70.0 cm³/mol. The van der Waals surface area contributed by atoms with E-state index in [1.54, 1.807) is 39.2 Å². The van der Waals surface area contributed by atoms with Gasteiger partial charge in [-0.15, -0.1) is 11.8 Å². The summed E-state index contributed by atoms with van der Waals surface area (Å²) in [6, 6.07) is 5.30. The summed E-state index contributed by atoms with van der Waals surface area (Å²) in [6.45, 7) is 3.59. The Kier molecular flexibility index (Phi) is 4.71. The zero-order chi connectivity index (χ0) is 13.1. The Morgan fingerprint density at radius 1 is 1.35 bits per heavy atom. The van der Waals surface area contributed by atoms with Gasteiger partial charge >= 0.3 is 5.97 Å². The van der Waals surface area contributed by atoms with Crippen molar-refractivity contribution in [1.29, 1.82) is 0 Å². The van der Waals surface area contributed by atoms with E-state index in [0.29, 0.717) is 10.8 Å². The molecule has 0 aliphatic heterocycles. The third kappa shape index (κ3) is 3.54. The average molecular weight is 275 g/mol. The van der Waals surface area contributed by atoms with Crippen molar-refractivity contribution in [3.8, 4) is 5.75 Å². The molecule has 94 valence electrons. The summed E-state index contributed by atoms with van der Waals surface area (Å²) in [6.07, 6.45) is 0. The normalized spacial score (nSPS) is 11.1. The highest BCUT2D eigenvalue weighted by molar-refractivity contribution is 8.01. The molecule has 0 bridgehead atoms. The van der Waals surface area contributed by atoms with Gasteiger partial charge < -0.3 is 9.47 Å². The minimum absolute atomic E-state index is 0.287. The zero-order valence-electron chi connectivity index (χ0n) is 10.2. The van der Waals surface area contributed by atoms with Crippen LogP contribution in [-0.2, 0) is 9.53 Å². The lowest BCUT2D eigenvalue weighted by atomic mass is 10.2. The number of ether oxygens (including phenoxy) is 2. The summed E-state index contributed by atoms with van der Waals surface area (Å²) in [5.74, 6) is 0.404. The highest BCUT2D eigenvalue weighted by atomic mass is 35.5. The van der Waals surface area contributed by atoms with Gasteiger partial charge in [-0.1, -0.05) is 11.6 Å². The first-order valence-electron chi connectivity index (χ1n) is 5.01. The van der Waals surface area contributed by atoms with Crippen LogP contribution in [-0.4, -0.2) is 24.9 Å². The summed E-state index contributed by atoms with van der Waals surface area (Å²) in [7, 11) is 2.96. The highest BCUT2D eigenvalue weighted by Gasteiger charge is 2.31. The molecule has 1 aromatic carbocycles. The summed E-state index contributed by atoms with van der Waals surface area (Å²) >= 11 is 7.29. The molecule has 0 spiro atoms. The average Bonchev–Trinajstić information content (AvgIpc) is 2.27. The summed E-state index contributed by atoms with van der Waals surface area (Å²) < 4.78 is 9.30. The van der Waals surface area contributed by atoms with Crippen molar-refractivity contribution in [2.75, 3.05) is 14.2 Å². The summed E-state index contributed by atoms with van der Waals surface area (Å²) in [5.41, 5.74) is 0. The van der Waals surface area contributed by atoms with Crippen LogP contribution in [0, 0.1) is 0 Å². The fraction of sp³-hybridized carbons (Fsp3) is 0.417. The standard InChI is InChI=1S/C12H15ClO3S/c1-12(2,11(14)16-4)17-10-7-8(13)5-6-9(10)15-3/h5-7H,1-4H3. The number of rotatable bonds is 4. The van der Waals surface area contributed by atoms with Crippen LogP contribution in [0.15, 0.2) is 23.1 Å². The van der Waals surface area contributed by atoms with Gasteiger partial charge in [0.05, 0.1) is 19.1 Å². The largest absolute Gasteiger partial charge is 0.496 e. The van der Waals surface area contributed by atoms with Crippen molar-refractivity contribution in [3.63, 3.8) is 0 Å². The number of carbonyl (C=O) groups excluding carboxylic acids is 1. The second-order valence-corrected chi connectivity index (χ2v) is 6.00. The maximum atomic E-state index is 11.6. The van der Waals surface area contributed by atoms with E-state index in [1.807, 2.05) is 0 Å². The highest BCUT2D eigenvalue weighted by Crippen LogP contribution is 2.40. The number of thioether (sulfide) groups is 1. The first-order valence-corrected chi connectivity index (χ1v) is 6.21. The van der Waals surface area contributed by atoms with E-state index in [4.69, 9.17) is 21.1 Å². The molecule has 0 atom stereocenters. The Labute approximate surface area is 110 Å². The van der Waals surface area contributed by atoms with Crippen LogP contribution in [0.5, 0.6) is 5.75 Å². The first-order chi connectivity index (χ1) is 7.90. The van der Waals surface area contributed by atoms with Gasteiger partial charge in [0.1, 0.15) is 10.5 Å². The molecule has 0 unspecified atom stereocenters. The number of halogens is 1. The van der Waals surface area contributed by atoms with Gasteiger partial charge in [0.2, 0.25) is 0 Å². The van der Waals surface area contributed by atoms with Crippen LogP contribution in [0.2, 0.25) is 5.02 Å². The van der Waals surface area contributed by atoms with E-state index >= 15 is 0 Å². The maximum Gasteiger partial charge on any atom is 0.321 e. The number of methoxy groups -OCH3 is 2. The van der Waals surface area contributed by atoms with E-state index in [-0.39, 0.29) is 5.97 Å². The smallest absolute Gasteiger partial charge is 0.321 e. The second-order valence-electron chi connectivity index (χ2n) is 3.90. The van der Waals surface area contributed by atoms with Crippen LogP contribution in [0.1, 0.15) is 13.8 Å². The van der Waals surface area contributed by atoms with Crippen molar-refractivity contribution >= 4 is 29.3 Å². The van der Waals surface area contributed by atoms with Crippen LogP contribution < -0.4 is 4.74 Å². The number of hydrogen-bond acceptors (Lipinski definition) is 4. The Morgan fingerprint density at radius 3 is 2.53 bits per heavy atom. The van der Waals surface area contributed by atoms with Gasteiger partial charge in [0, 0.05) is 5.02 Å². The van der Waals surface area contributed by atoms with E-state index in [2.05, 4.69) is 0 Å². The minimum Gasteiger partial charge on any atom is -0.496 e. The Hall–Kier alpha value is -0.870. The third-order valence-corrected chi connectivity index (χ3v) is 3.62. The molecule has 0 aromatic heterocycles. The van der Waals surface area contributed by atoms with Gasteiger partial charge in [0.25, 0.3) is 0 Å². The first kappa shape index (κ1) is 14.2.